The van der Waals surface area contributed by atoms with Gasteiger partial charge in [-0.05, 0) is 41.6 Å². The topological polar surface area (TPSA) is 79.4 Å². The van der Waals surface area contributed by atoms with Gasteiger partial charge >= 0.3 is 0 Å². The fraction of sp³-hybridized carbons (Fsp3) is 0.346. The Morgan fingerprint density at radius 1 is 0.886 bits per heavy atom. The van der Waals surface area contributed by atoms with E-state index in [9.17, 15) is 13.2 Å². The number of carbonyl (C=O) groups excluding carboxylic acids is 1. The molecule has 3 aromatic rings. The van der Waals surface area contributed by atoms with Gasteiger partial charge < -0.3 is 14.4 Å². The predicted octanol–water partition coefficient (Wildman–Crippen LogP) is 2.58. The maximum Gasteiger partial charge on any atom is 0.243 e. The van der Waals surface area contributed by atoms with Gasteiger partial charge in [0.2, 0.25) is 15.9 Å². The highest BCUT2D eigenvalue weighted by Gasteiger charge is 2.31. The van der Waals surface area contributed by atoms with Crippen molar-refractivity contribution in [1.82, 2.24) is 14.1 Å². The second-order valence-electron chi connectivity index (χ2n) is 8.94. The van der Waals surface area contributed by atoms with Crippen LogP contribution in [0.25, 0.3) is 10.8 Å². The fourth-order valence-electron chi connectivity index (χ4n) is 4.55. The molecule has 9 heteroatoms. The van der Waals surface area contributed by atoms with E-state index in [-0.39, 0.29) is 30.4 Å². The first-order valence-corrected chi connectivity index (χ1v) is 13.2. The van der Waals surface area contributed by atoms with Crippen molar-refractivity contribution in [2.75, 3.05) is 53.0 Å². The smallest absolute Gasteiger partial charge is 0.243 e. The minimum atomic E-state index is -3.68. The quantitative estimate of drug-likeness (QED) is 0.523. The molecule has 35 heavy (non-hydrogen) atoms. The monoisotopic (exact) mass is 495 g/mol. The number of amides is 1. The average molecular weight is 496 g/mol. The molecule has 1 saturated heterocycles. The van der Waals surface area contributed by atoms with E-state index in [0.29, 0.717) is 44.3 Å². The number of hydrogen-bond acceptors (Lipinski definition) is 6. The molecule has 0 atom stereocenters. The van der Waals surface area contributed by atoms with Crippen molar-refractivity contribution in [1.29, 1.82) is 0 Å². The van der Waals surface area contributed by atoms with Crippen LogP contribution in [0.3, 0.4) is 0 Å². The summed E-state index contributed by atoms with van der Waals surface area (Å²) in [6.07, 6.45) is 0. The first-order chi connectivity index (χ1) is 16.9. The molecule has 3 aromatic carbocycles. The lowest BCUT2D eigenvalue weighted by molar-refractivity contribution is -0.133. The van der Waals surface area contributed by atoms with Crippen molar-refractivity contribution in [3.05, 3.63) is 66.2 Å². The third-order valence-corrected chi connectivity index (χ3v) is 8.31. The molecule has 2 heterocycles. The molecule has 1 amide bonds. The van der Waals surface area contributed by atoms with E-state index in [1.165, 1.54) is 21.1 Å². The van der Waals surface area contributed by atoms with Crippen LogP contribution in [0, 0.1) is 0 Å². The van der Waals surface area contributed by atoms with E-state index in [2.05, 4.69) is 30.3 Å². The Hall–Kier alpha value is -3.14. The number of fused-ring (bicyclic) bond motifs is 2. The number of piperazine rings is 1. The summed E-state index contributed by atoms with van der Waals surface area (Å²) < 4.78 is 38.7. The second kappa shape index (κ2) is 9.85. The Morgan fingerprint density at radius 3 is 2.37 bits per heavy atom. The largest absolute Gasteiger partial charge is 0.486 e. The SMILES string of the molecule is CN(CC(=O)N1CCN(S(=O)(=O)c2ccc3c(c2)OCCO3)CC1)Cc1ccc2ccccc2c1. The molecule has 5 rings (SSSR count). The van der Waals surface area contributed by atoms with E-state index in [0.717, 1.165) is 5.56 Å². The average Bonchev–Trinajstić information content (AvgIpc) is 2.88. The van der Waals surface area contributed by atoms with Gasteiger partial charge in [0.25, 0.3) is 0 Å². The Kier molecular flexibility index (Phi) is 6.64. The standard InChI is InChI=1S/C26H29N3O5S/c1-27(18-20-6-7-21-4-2-3-5-22(21)16-20)19-26(30)28-10-12-29(13-11-28)35(31,32)23-8-9-24-25(17-23)34-15-14-33-24/h2-9,16-17H,10-15,18-19H2,1H3. The third kappa shape index (κ3) is 5.12. The highest BCUT2D eigenvalue weighted by atomic mass is 32.2. The summed E-state index contributed by atoms with van der Waals surface area (Å²) >= 11 is 0. The van der Waals surface area contributed by atoms with Crippen molar-refractivity contribution >= 4 is 26.7 Å². The summed E-state index contributed by atoms with van der Waals surface area (Å²) in [5, 5.41) is 2.37. The van der Waals surface area contributed by atoms with Crippen molar-refractivity contribution in [3.8, 4) is 11.5 Å². The zero-order valence-corrected chi connectivity index (χ0v) is 20.5. The molecule has 2 aliphatic rings. The van der Waals surface area contributed by atoms with E-state index in [1.807, 2.05) is 24.1 Å². The van der Waals surface area contributed by atoms with Gasteiger partial charge in [0, 0.05) is 38.8 Å². The summed E-state index contributed by atoms with van der Waals surface area (Å²) in [6.45, 7) is 3.04. The maximum atomic E-state index is 13.1. The lowest BCUT2D eigenvalue weighted by atomic mass is 10.1. The zero-order valence-electron chi connectivity index (χ0n) is 19.7. The van der Waals surface area contributed by atoms with E-state index < -0.39 is 10.0 Å². The molecule has 184 valence electrons. The second-order valence-corrected chi connectivity index (χ2v) is 10.9. The van der Waals surface area contributed by atoms with Crippen LogP contribution < -0.4 is 9.47 Å². The van der Waals surface area contributed by atoms with Gasteiger partial charge in [-0.1, -0.05) is 36.4 Å². The Labute approximate surface area is 205 Å². The summed E-state index contributed by atoms with van der Waals surface area (Å²) in [7, 11) is -1.75. The van der Waals surface area contributed by atoms with Crippen LogP contribution in [-0.2, 0) is 21.4 Å². The lowest BCUT2D eigenvalue weighted by Gasteiger charge is -2.35. The molecule has 1 fully saturated rings. The van der Waals surface area contributed by atoms with Gasteiger partial charge in [0.05, 0.1) is 11.4 Å². The summed E-state index contributed by atoms with van der Waals surface area (Å²) in [5.74, 6) is 1.00. The van der Waals surface area contributed by atoms with E-state index >= 15 is 0 Å². The summed E-state index contributed by atoms with van der Waals surface area (Å²) in [4.78, 5) is 16.8. The van der Waals surface area contributed by atoms with Crippen LogP contribution >= 0.6 is 0 Å². The summed E-state index contributed by atoms with van der Waals surface area (Å²) in [5.41, 5.74) is 1.15. The minimum Gasteiger partial charge on any atom is -0.486 e. The Balaban J connectivity index is 1.16. The number of nitrogens with zero attached hydrogens (tertiary/aromatic N) is 3. The number of hydrogen-bond donors (Lipinski definition) is 0. The van der Waals surface area contributed by atoms with Crippen molar-refractivity contribution in [2.45, 2.75) is 11.4 Å². The predicted molar refractivity (Wildman–Crippen MR) is 133 cm³/mol. The summed E-state index contributed by atoms with van der Waals surface area (Å²) in [6, 6.07) is 19.2. The van der Waals surface area contributed by atoms with Crippen molar-refractivity contribution in [2.24, 2.45) is 0 Å². The highest BCUT2D eigenvalue weighted by molar-refractivity contribution is 7.89. The van der Waals surface area contributed by atoms with Crippen LogP contribution in [0.5, 0.6) is 11.5 Å². The third-order valence-electron chi connectivity index (χ3n) is 6.41. The number of carbonyl (C=O) groups is 1. The number of sulfonamides is 1. The molecule has 0 bridgehead atoms. The molecule has 0 N–H and O–H groups in total. The van der Waals surface area contributed by atoms with Gasteiger partial charge in [-0.25, -0.2) is 8.42 Å². The van der Waals surface area contributed by atoms with Gasteiger partial charge in [0.15, 0.2) is 11.5 Å². The number of ether oxygens (including phenoxy) is 2. The van der Waals surface area contributed by atoms with E-state index in [4.69, 9.17) is 9.47 Å². The number of rotatable bonds is 6. The molecular formula is C26H29N3O5S. The Bertz CT molecular complexity index is 1340. The van der Waals surface area contributed by atoms with Crippen LogP contribution in [-0.4, -0.2) is 81.4 Å². The highest BCUT2D eigenvalue weighted by Crippen LogP contribution is 2.33. The zero-order chi connectivity index (χ0) is 24.4. The normalized spacial score (nSPS) is 16.6. The first kappa shape index (κ1) is 23.6. The molecule has 0 saturated carbocycles. The lowest BCUT2D eigenvalue weighted by Crippen LogP contribution is -2.52. The number of likely N-dealkylation sites (N-methyl/N-ethyl adjacent to an activating group) is 1. The van der Waals surface area contributed by atoms with Gasteiger partial charge in [0.1, 0.15) is 13.2 Å². The first-order valence-electron chi connectivity index (χ1n) is 11.7. The fourth-order valence-corrected chi connectivity index (χ4v) is 5.98. The van der Waals surface area contributed by atoms with Crippen LogP contribution in [0.4, 0.5) is 0 Å². The van der Waals surface area contributed by atoms with Crippen molar-refractivity contribution < 1.29 is 22.7 Å². The minimum absolute atomic E-state index is 0.00432. The Morgan fingerprint density at radius 2 is 1.60 bits per heavy atom. The van der Waals surface area contributed by atoms with Gasteiger partial charge in [-0.15, -0.1) is 0 Å². The van der Waals surface area contributed by atoms with Gasteiger partial charge in [-0.3, -0.25) is 9.69 Å². The maximum absolute atomic E-state index is 13.1. The molecule has 0 radical (unpaired) electrons. The van der Waals surface area contributed by atoms with Crippen molar-refractivity contribution in [3.63, 3.8) is 0 Å². The molecule has 2 aliphatic heterocycles. The molecule has 0 spiro atoms. The van der Waals surface area contributed by atoms with Crippen LogP contribution in [0.15, 0.2) is 65.6 Å². The van der Waals surface area contributed by atoms with Crippen LogP contribution in [0.2, 0.25) is 0 Å². The molecule has 0 aromatic heterocycles. The molecule has 8 nitrogen and oxygen atoms in total. The molecular weight excluding hydrogens is 466 g/mol. The van der Waals surface area contributed by atoms with Gasteiger partial charge in [-0.2, -0.15) is 4.31 Å². The van der Waals surface area contributed by atoms with Crippen LogP contribution in [0.1, 0.15) is 5.56 Å². The van der Waals surface area contributed by atoms with E-state index in [1.54, 1.807) is 17.0 Å². The molecule has 0 aliphatic carbocycles. The molecule has 0 unspecified atom stereocenters. The number of benzene rings is 3.